The van der Waals surface area contributed by atoms with Crippen LogP contribution in [0.25, 0.3) is 0 Å². The summed E-state index contributed by atoms with van der Waals surface area (Å²) in [5, 5.41) is 0. The molecule has 0 aliphatic heterocycles. The van der Waals surface area contributed by atoms with Crippen LogP contribution in [0.4, 0.5) is 5.69 Å². The number of rotatable bonds is 3. The van der Waals surface area contributed by atoms with Gasteiger partial charge in [-0.2, -0.15) is 0 Å². The molecule has 0 aliphatic rings. The summed E-state index contributed by atoms with van der Waals surface area (Å²) < 4.78 is 0. The van der Waals surface area contributed by atoms with Crippen LogP contribution in [-0.2, 0) is 12.8 Å². The molecule has 14 heavy (non-hydrogen) atoms. The van der Waals surface area contributed by atoms with Gasteiger partial charge in [0.15, 0.2) is 0 Å². The first-order valence-corrected chi connectivity index (χ1v) is 5.18. The maximum absolute atomic E-state index is 5.90. The largest absolute Gasteiger partial charge is 0.398 e. The zero-order chi connectivity index (χ0) is 10.7. The lowest BCUT2D eigenvalue weighted by molar-refractivity contribution is 0.733. The summed E-state index contributed by atoms with van der Waals surface area (Å²) in [4.78, 5) is 0. The smallest absolute Gasteiger partial charge is 0.0349 e. The van der Waals surface area contributed by atoms with E-state index in [9.17, 15) is 0 Å². The fraction of sp³-hybridized carbons (Fsp3) is 0.500. The highest BCUT2D eigenvalue weighted by Crippen LogP contribution is 2.21. The van der Waals surface area contributed by atoms with Gasteiger partial charge in [0, 0.05) is 11.7 Å². The van der Waals surface area contributed by atoms with E-state index in [4.69, 9.17) is 11.5 Å². The molecule has 0 saturated carbocycles. The Balaban J connectivity index is 3.08. The van der Waals surface area contributed by atoms with Gasteiger partial charge in [-0.3, -0.25) is 0 Å². The van der Waals surface area contributed by atoms with Crippen molar-refractivity contribution in [3.8, 4) is 0 Å². The minimum Gasteiger partial charge on any atom is -0.398 e. The van der Waals surface area contributed by atoms with Gasteiger partial charge < -0.3 is 11.5 Å². The monoisotopic (exact) mass is 192 g/mol. The Kier molecular flexibility index (Phi) is 3.53. The van der Waals surface area contributed by atoms with Gasteiger partial charge in [0.05, 0.1) is 0 Å². The lowest BCUT2D eigenvalue weighted by atomic mass is 9.95. The minimum atomic E-state index is 0.210. The summed E-state index contributed by atoms with van der Waals surface area (Å²) in [6.07, 6.45) is 1.92. The maximum atomic E-state index is 5.90. The molecule has 0 saturated heterocycles. The summed E-state index contributed by atoms with van der Waals surface area (Å²) in [5.74, 6) is 0. The molecule has 4 N–H and O–H groups in total. The Labute approximate surface area is 86.3 Å². The standard InChI is InChI=1S/C12H20N2/c1-4-11-9(3)10(7-8(2)13)5-6-12(11)14/h5-6,8H,4,7,13-14H2,1-3H3. The van der Waals surface area contributed by atoms with Crippen LogP contribution < -0.4 is 11.5 Å². The molecule has 1 unspecified atom stereocenters. The molecule has 1 rings (SSSR count). The molecule has 0 aromatic heterocycles. The van der Waals surface area contributed by atoms with Crippen molar-refractivity contribution >= 4 is 5.69 Å². The quantitative estimate of drug-likeness (QED) is 0.720. The van der Waals surface area contributed by atoms with Crippen LogP contribution in [0.15, 0.2) is 12.1 Å². The van der Waals surface area contributed by atoms with E-state index in [0.717, 1.165) is 18.5 Å². The van der Waals surface area contributed by atoms with Crippen molar-refractivity contribution in [3.05, 3.63) is 28.8 Å². The van der Waals surface area contributed by atoms with Gasteiger partial charge >= 0.3 is 0 Å². The number of nitrogens with two attached hydrogens (primary N) is 2. The highest BCUT2D eigenvalue weighted by molar-refractivity contribution is 5.53. The Bertz CT molecular complexity index is 316. The number of benzene rings is 1. The van der Waals surface area contributed by atoms with Gasteiger partial charge in [-0.15, -0.1) is 0 Å². The summed E-state index contributed by atoms with van der Waals surface area (Å²) in [6.45, 7) is 6.29. The molecule has 2 nitrogen and oxygen atoms in total. The predicted octanol–water partition coefficient (Wildman–Crippen LogP) is 2.03. The SMILES string of the molecule is CCc1c(N)ccc(CC(C)N)c1C. The molecular formula is C12H20N2. The molecule has 0 heterocycles. The molecular weight excluding hydrogens is 172 g/mol. The second-order valence-electron chi connectivity index (χ2n) is 3.95. The molecule has 2 heteroatoms. The molecule has 0 spiro atoms. The van der Waals surface area contributed by atoms with Crippen molar-refractivity contribution < 1.29 is 0 Å². The van der Waals surface area contributed by atoms with Gasteiger partial charge in [0.25, 0.3) is 0 Å². The average molecular weight is 192 g/mol. The minimum absolute atomic E-state index is 0.210. The molecule has 0 radical (unpaired) electrons. The first-order valence-electron chi connectivity index (χ1n) is 5.18. The molecule has 78 valence electrons. The molecule has 0 bridgehead atoms. The van der Waals surface area contributed by atoms with Gasteiger partial charge in [-0.1, -0.05) is 13.0 Å². The Hall–Kier alpha value is -1.02. The number of hydrogen-bond acceptors (Lipinski definition) is 2. The third kappa shape index (κ3) is 2.26. The third-order valence-electron chi connectivity index (χ3n) is 2.64. The fourth-order valence-electron chi connectivity index (χ4n) is 1.86. The van der Waals surface area contributed by atoms with Gasteiger partial charge in [0.2, 0.25) is 0 Å². The summed E-state index contributed by atoms with van der Waals surface area (Å²) >= 11 is 0. The normalized spacial score (nSPS) is 12.9. The molecule has 0 aliphatic carbocycles. The van der Waals surface area contributed by atoms with Gasteiger partial charge in [-0.25, -0.2) is 0 Å². The summed E-state index contributed by atoms with van der Waals surface area (Å²) in [5.41, 5.74) is 16.5. The zero-order valence-corrected chi connectivity index (χ0v) is 9.30. The Morgan fingerprint density at radius 3 is 2.50 bits per heavy atom. The van der Waals surface area contributed by atoms with Crippen molar-refractivity contribution in [2.45, 2.75) is 39.7 Å². The molecule has 1 aromatic rings. The fourth-order valence-corrected chi connectivity index (χ4v) is 1.86. The number of anilines is 1. The first kappa shape index (κ1) is 11.1. The Morgan fingerprint density at radius 2 is 2.00 bits per heavy atom. The third-order valence-corrected chi connectivity index (χ3v) is 2.64. The van der Waals surface area contributed by atoms with E-state index in [1.54, 1.807) is 0 Å². The van der Waals surface area contributed by atoms with Crippen LogP contribution in [0, 0.1) is 6.92 Å². The molecule has 0 fully saturated rings. The van der Waals surface area contributed by atoms with Crippen molar-refractivity contribution in [1.82, 2.24) is 0 Å². The predicted molar refractivity (Wildman–Crippen MR) is 62.3 cm³/mol. The van der Waals surface area contributed by atoms with Crippen molar-refractivity contribution in [1.29, 1.82) is 0 Å². The van der Waals surface area contributed by atoms with Crippen molar-refractivity contribution in [3.63, 3.8) is 0 Å². The van der Waals surface area contributed by atoms with Crippen LogP contribution >= 0.6 is 0 Å². The number of nitrogen functional groups attached to an aromatic ring is 1. The highest BCUT2D eigenvalue weighted by Gasteiger charge is 2.07. The average Bonchev–Trinajstić information content (AvgIpc) is 2.10. The van der Waals surface area contributed by atoms with E-state index in [2.05, 4.69) is 19.9 Å². The van der Waals surface area contributed by atoms with Gasteiger partial charge in [-0.05, 0) is 49.4 Å². The molecule has 0 amide bonds. The van der Waals surface area contributed by atoms with Gasteiger partial charge in [0.1, 0.15) is 0 Å². The van der Waals surface area contributed by atoms with E-state index >= 15 is 0 Å². The van der Waals surface area contributed by atoms with E-state index in [1.807, 2.05) is 13.0 Å². The van der Waals surface area contributed by atoms with Crippen LogP contribution in [0.2, 0.25) is 0 Å². The van der Waals surface area contributed by atoms with Crippen molar-refractivity contribution in [2.75, 3.05) is 5.73 Å². The second-order valence-corrected chi connectivity index (χ2v) is 3.95. The summed E-state index contributed by atoms with van der Waals surface area (Å²) in [6, 6.07) is 4.29. The van der Waals surface area contributed by atoms with Crippen LogP contribution in [-0.4, -0.2) is 6.04 Å². The van der Waals surface area contributed by atoms with Crippen molar-refractivity contribution in [2.24, 2.45) is 5.73 Å². The lowest BCUT2D eigenvalue weighted by Crippen LogP contribution is -2.18. The molecule has 1 aromatic carbocycles. The summed E-state index contributed by atoms with van der Waals surface area (Å²) in [7, 11) is 0. The van der Waals surface area contributed by atoms with Crippen LogP contribution in [0.5, 0.6) is 0 Å². The number of hydrogen-bond donors (Lipinski definition) is 2. The highest BCUT2D eigenvalue weighted by atomic mass is 14.6. The van der Waals surface area contributed by atoms with E-state index < -0.39 is 0 Å². The topological polar surface area (TPSA) is 52.0 Å². The zero-order valence-electron chi connectivity index (χ0n) is 9.30. The van der Waals surface area contributed by atoms with Crippen LogP contribution in [0.1, 0.15) is 30.5 Å². The van der Waals surface area contributed by atoms with E-state index in [0.29, 0.717) is 0 Å². The van der Waals surface area contributed by atoms with Crippen LogP contribution in [0.3, 0.4) is 0 Å². The van der Waals surface area contributed by atoms with E-state index in [-0.39, 0.29) is 6.04 Å². The molecule has 1 atom stereocenters. The van der Waals surface area contributed by atoms with E-state index in [1.165, 1.54) is 16.7 Å². The maximum Gasteiger partial charge on any atom is 0.0349 e. The Morgan fingerprint density at radius 1 is 1.36 bits per heavy atom. The second kappa shape index (κ2) is 4.47. The first-order chi connectivity index (χ1) is 6.56. The lowest BCUT2D eigenvalue weighted by Gasteiger charge is -2.14.